The number of nitrogens with zero attached hydrogens (tertiary/aromatic N) is 3. The van der Waals surface area contributed by atoms with Crippen LogP contribution in [0.5, 0.6) is 5.75 Å². The average Bonchev–Trinajstić information content (AvgIpc) is 3.38. The third-order valence-corrected chi connectivity index (χ3v) is 5.54. The summed E-state index contributed by atoms with van der Waals surface area (Å²) in [5, 5.41) is 3.15. The molecule has 1 aliphatic heterocycles. The first kappa shape index (κ1) is 17.8. The fraction of sp³-hybridized carbons (Fsp3) is 0.556. The van der Waals surface area contributed by atoms with Crippen LogP contribution < -0.4 is 32.0 Å². The zero-order valence-corrected chi connectivity index (χ0v) is 15.5. The van der Waals surface area contributed by atoms with Crippen LogP contribution in [0.4, 0.5) is 10.1 Å². The van der Waals surface area contributed by atoms with E-state index in [4.69, 9.17) is 10.6 Å². The smallest absolute Gasteiger partial charge is 0.354 e. The maximum absolute atomic E-state index is 15.1. The minimum atomic E-state index is -0.780. The Labute approximate surface area is 155 Å². The quantitative estimate of drug-likeness (QED) is 0.726. The number of pyridine rings is 1. The summed E-state index contributed by atoms with van der Waals surface area (Å²) in [6.45, 7) is 2.21. The van der Waals surface area contributed by atoms with Gasteiger partial charge in [0.25, 0.3) is 5.56 Å². The number of fused-ring (bicyclic) bond motifs is 1. The number of nitrogens with two attached hydrogens (primary N) is 1. The maximum atomic E-state index is 15.1. The Morgan fingerprint density at radius 1 is 1.33 bits per heavy atom. The third kappa shape index (κ3) is 2.77. The number of ether oxygens (including phenoxy) is 1. The van der Waals surface area contributed by atoms with Crippen LogP contribution in [0.2, 0.25) is 0 Å². The van der Waals surface area contributed by atoms with E-state index in [-0.39, 0.29) is 11.7 Å². The lowest BCUT2D eigenvalue weighted by Gasteiger charge is -2.24. The fourth-order valence-electron chi connectivity index (χ4n) is 4.13. The molecule has 0 spiro atoms. The van der Waals surface area contributed by atoms with Gasteiger partial charge >= 0.3 is 5.69 Å². The van der Waals surface area contributed by atoms with Crippen molar-refractivity contribution in [2.24, 2.45) is 5.92 Å². The van der Waals surface area contributed by atoms with Gasteiger partial charge in [-0.15, -0.1) is 0 Å². The molecule has 8 nitrogen and oxygen atoms in total. The molecule has 2 aliphatic rings. The fourth-order valence-corrected chi connectivity index (χ4v) is 4.13. The number of nitrogens with one attached hydrogen (secondary N) is 1. The molecule has 0 radical (unpaired) electrons. The van der Waals surface area contributed by atoms with Crippen molar-refractivity contribution in [1.29, 1.82) is 0 Å². The third-order valence-electron chi connectivity index (χ3n) is 5.54. The summed E-state index contributed by atoms with van der Waals surface area (Å²) >= 11 is 0. The molecule has 1 saturated carbocycles. The van der Waals surface area contributed by atoms with Gasteiger partial charge in [0.1, 0.15) is 11.2 Å². The second-order valence-corrected chi connectivity index (χ2v) is 7.38. The Kier molecular flexibility index (Phi) is 4.33. The molecule has 1 unspecified atom stereocenters. The van der Waals surface area contributed by atoms with Crippen molar-refractivity contribution >= 4 is 11.2 Å². The van der Waals surface area contributed by atoms with E-state index in [2.05, 4.69) is 5.32 Å². The van der Waals surface area contributed by atoms with E-state index in [1.165, 1.54) is 7.11 Å². The van der Waals surface area contributed by atoms with E-state index >= 15 is 4.39 Å². The van der Waals surface area contributed by atoms with Crippen molar-refractivity contribution in [3.63, 3.8) is 0 Å². The van der Waals surface area contributed by atoms with E-state index in [9.17, 15) is 9.59 Å². The molecule has 4 rings (SSSR count). The lowest BCUT2D eigenvalue weighted by Crippen LogP contribution is -2.44. The predicted molar refractivity (Wildman–Crippen MR) is 101 cm³/mol. The van der Waals surface area contributed by atoms with E-state index < -0.39 is 17.1 Å². The molecule has 0 aromatic carbocycles. The summed E-state index contributed by atoms with van der Waals surface area (Å²) in [6.07, 6.45) is 3.73. The molecule has 2 aromatic heterocycles. The lowest BCUT2D eigenvalue weighted by molar-refractivity contribution is 0.412. The van der Waals surface area contributed by atoms with Gasteiger partial charge in [-0.3, -0.25) is 9.20 Å². The van der Waals surface area contributed by atoms with Crippen molar-refractivity contribution in [3.8, 4) is 5.75 Å². The van der Waals surface area contributed by atoms with Gasteiger partial charge in [-0.05, 0) is 44.7 Å². The number of rotatable bonds is 5. The molecule has 0 amide bonds. The monoisotopic (exact) mass is 377 g/mol. The molecule has 27 heavy (non-hydrogen) atoms. The Hall–Kier alpha value is -2.55. The summed E-state index contributed by atoms with van der Waals surface area (Å²) < 4.78 is 22.3. The molecule has 2 aromatic rings. The molecule has 146 valence electrons. The number of hydrogen-bond donors (Lipinski definition) is 2. The summed E-state index contributed by atoms with van der Waals surface area (Å²) in [4.78, 5) is 27.1. The molecule has 3 heterocycles. The normalized spacial score (nSPS) is 19.8. The molecule has 1 atom stereocenters. The highest BCUT2D eigenvalue weighted by Crippen LogP contribution is 2.45. The standard InChI is InChI=1S/C18H24FN5O3/c1-21-7-10-5-6-22(8-10)14-12(19)9-23-15(16(14)27-2)13(11-3-4-11)17(25)24(20)18(23)26/h9-11,21H,3-8,20H2,1-2H3. The van der Waals surface area contributed by atoms with Gasteiger partial charge in [-0.2, -0.15) is 4.68 Å². The van der Waals surface area contributed by atoms with E-state index in [1.807, 2.05) is 11.9 Å². The first-order valence-corrected chi connectivity index (χ1v) is 9.20. The van der Waals surface area contributed by atoms with Crippen LogP contribution in [0.3, 0.4) is 0 Å². The second kappa shape index (κ2) is 6.56. The highest BCUT2D eigenvalue weighted by Gasteiger charge is 2.35. The van der Waals surface area contributed by atoms with Crippen LogP contribution in [0.1, 0.15) is 30.7 Å². The minimum Gasteiger partial charge on any atom is -0.492 e. The van der Waals surface area contributed by atoms with Crippen molar-refractivity contribution in [2.45, 2.75) is 25.2 Å². The minimum absolute atomic E-state index is 0.0192. The van der Waals surface area contributed by atoms with Crippen LogP contribution in [-0.2, 0) is 0 Å². The van der Waals surface area contributed by atoms with Gasteiger partial charge in [0, 0.05) is 13.1 Å². The Morgan fingerprint density at radius 2 is 2.07 bits per heavy atom. The summed E-state index contributed by atoms with van der Waals surface area (Å²) in [5.41, 5.74) is -0.233. The summed E-state index contributed by atoms with van der Waals surface area (Å²) in [5.74, 6) is 5.75. The molecule has 0 bridgehead atoms. The van der Waals surface area contributed by atoms with E-state index in [0.29, 0.717) is 40.5 Å². The van der Waals surface area contributed by atoms with Crippen molar-refractivity contribution in [2.75, 3.05) is 44.5 Å². The Morgan fingerprint density at radius 3 is 2.70 bits per heavy atom. The Balaban J connectivity index is 1.98. The van der Waals surface area contributed by atoms with Gasteiger partial charge in [0.05, 0.1) is 18.9 Å². The summed E-state index contributed by atoms with van der Waals surface area (Å²) in [6, 6.07) is 0. The van der Waals surface area contributed by atoms with Crippen molar-refractivity contribution in [3.05, 3.63) is 38.4 Å². The zero-order valence-electron chi connectivity index (χ0n) is 15.5. The van der Waals surface area contributed by atoms with Gasteiger partial charge in [-0.1, -0.05) is 0 Å². The number of hydrogen-bond acceptors (Lipinski definition) is 6. The number of aromatic nitrogens is 2. The highest BCUT2D eigenvalue weighted by molar-refractivity contribution is 5.78. The van der Waals surface area contributed by atoms with Crippen molar-refractivity contribution in [1.82, 2.24) is 14.4 Å². The second-order valence-electron chi connectivity index (χ2n) is 7.38. The number of halogens is 1. The molecule has 1 saturated heterocycles. The van der Waals surface area contributed by atoms with Gasteiger partial charge < -0.3 is 20.8 Å². The van der Waals surface area contributed by atoms with Gasteiger partial charge in [-0.25, -0.2) is 9.18 Å². The molecule has 1 aliphatic carbocycles. The van der Waals surface area contributed by atoms with E-state index in [0.717, 1.165) is 36.4 Å². The largest absolute Gasteiger partial charge is 0.492 e. The number of nitrogen functional groups attached to an aromatic ring is 1. The number of methoxy groups -OCH3 is 1. The number of anilines is 1. The molecule has 3 N–H and O–H groups in total. The van der Waals surface area contributed by atoms with Crippen LogP contribution in [0, 0.1) is 11.7 Å². The molecular formula is C18H24FN5O3. The molecule has 2 fully saturated rings. The van der Waals surface area contributed by atoms with Crippen molar-refractivity contribution < 1.29 is 9.13 Å². The SMILES string of the molecule is CNCC1CCN(c2c(F)cn3c(=O)n(N)c(=O)c(C4CC4)c3c2OC)C1. The van der Waals surface area contributed by atoms with Crippen LogP contribution in [0.25, 0.3) is 5.52 Å². The maximum Gasteiger partial charge on any atom is 0.354 e. The van der Waals surface area contributed by atoms with Crippen LogP contribution >= 0.6 is 0 Å². The average molecular weight is 377 g/mol. The van der Waals surface area contributed by atoms with Crippen LogP contribution in [-0.4, -0.2) is 42.9 Å². The predicted octanol–water partition coefficient (Wildman–Crippen LogP) is 0.246. The first-order valence-electron chi connectivity index (χ1n) is 9.20. The zero-order chi connectivity index (χ0) is 19.3. The topological polar surface area (TPSA) is 94.0 Å². The van der Waals surface area contributed by atoms with Gasteiger partial charge in [0.15, 0.2) is 11.6 Å². The van der Waals surface area contributed by atoms with E-state index in [1.54, 1.807) is 0 Å². The first-order chi connectivity index (χ1) is 13.0. The summed E-state index contributed by atoms with van der Waals surface area (Å²) in [7, 11) is 3.33. The van der Waals surface area contributed by atoms with Crippen LogP contribution in [0.15, 0.2) is 15.8 Å². The highest BCUT2D eigenvalue weighted by atomic mass is 19.1. The lowest BCUT2D eigenvalue weighted by atomic mass is 10.1. The van der Waals surface area contributed by atoms with Gasteiger partial charge in [0.2, 0.25) is 0 Å². The Bertz CT molecular complexity index is 1010. The molecular weight excluding hydrogens is 353 g/mol. The molecule has 9 heteroatoms.